The molecule has 0 aromatic rings. The summed E-state index contributed by atoms with van der Waals surface area (Å²) in [6, 6.07) is 0. The second-order valence-corrected chi connectivity index (χ2v) is 1.79. The molecule has 2 nitrogen and oxygen atoms in total. The minimum absolute atomic E-state index is 1.14. The molecule has 0 unspecified atom stereocenters. The van der Waals surface area contributed by atoms with Crippen LogP contribution in [0.15, 0.2) is 33.9 Å². The Bertz CT molecular complexity index is 197. The van der Waals surface area contributed by atoms with Gasteiger partial charge in [0.2, 0.25) is 0 Å². The van der Waals surface area contributed by atoms with Crippen LogP contribution in [0.4, 0.5) is 0 Å². The summed E-state index contributed by atoms with van der Waals surface area (Å²) in [5, 5.41) is 0. The van der Waals surface area contributed by atoms with Gasteiger partial charge in [-0.2, -0.15) is 0 Å². The lowest BCUT2D eigenvalue weighted by molar-refractivity contribution is 1.42. The SMILES string of the molecule is CC1=CN=CN=CC=C1. The molecule has 2 heteroatoms. The van der Waals surface area contributed by atoms with E-state index in [0.29, 0.717) is 0 Å². The van der Waals surface area contributed by atoms with Gasteiger partial charge in [0.05, 0.1) is 0 Å². The van der Waals surface area contributed by atoms with Crippen LogP contribution < -0.4 is 0 Å². The summed E-state index contributed by atoms with van der Waals surface area (Å²) in [4.78, 5) is 7.69. The Labute approximate surface area is 54.3 Å². The Morgan fingerprint density at radius 1 is 1.33 bits per heavy atom. The molecule has 1 aliphatic heterocycles. The van der Waals surface area contributed by atoms with Crippen molar-refractivity contribution in [3.05, 3.63) is 23.9 Å². The summed E-state index contributed by atoms with van der Waals surface area (Å²) < 4.78 is 0. The molecule has 0 aromatic heterocycles. The van der Waals surface area contributed by atoms with Crippen LogP contribution >= 0.6 is 0 Å². The molecule has 0 aromatic carbocycles. The number of allylic oxidation sites excluding steroid dienone is 3. The average molecular weight is 120 g/mol. The molecule has 0 saturated carbocycles. The standard InChI is InChI=1S/C7H8N2/c1-7-3-2-4-8-6-9-5-7/h2-6H,1H3. The van der Waals surface area contributed by atoms with Crippen molar-refractivity contribution in [1.29, 1.82) is 0 Å². The highest BCUT2D eigenvalue weighted by molar-refractivity contribution is 5.81. The van der Waals surface area contributed by atoms with Crippen molar-refractivity contribution in [3.8, 4) is 0 Å². The first-order valence-corrected chi connectivity index (χ1v) is 2.78. The molecule has 46 valence electrons. The maximum atomic E-state index is 3.88. The van der Waals surface area contributed by atoms with Crippen LogP contribution in [0, 0.1) is 0 Å². The van der Waals surface area contributed by atoms with E-state index in [1.165, 1.54) is 6.34 Å². The van der Waals surface area contributed by atoms with Crippen LogP contribution in [0.3, 0.4) is 0 Å². The van der Waals surface area contributed by atoms with Crippen molar-refractivity contribution in [2.45, 2.75) is 6.92 Å². The third kappa shape index (κ3) is 2.04. The summed E-state index contributed by atoms with van der Waals surface area (Å²) in [6.45, 7) is 1.99. The molecular formula is C7H8N2. The first-order chi connectivity index (χ1) is 4.39. The van der Waals surface area contributed by atoms with Gasteiger partial charge in [-0.3, -0.25) is 0 Å². The van der Waals surface area contributed by atoms with Crippen molar-refractivity contribution >= 4 is 12.6 Å². The number of hydrogen-bond acceptors (Lipinski definition) is 2. The predicted molar refractivity (Wildman–Crippen MR) is 39.9 cm³/mol. The van der Waals surface area contributed by atoms with Crippen molar-refractivity contribution in [2.75, 3.05) is 0 Å². The van der Waals surface area contributed by atoms with Crippen molar-refractivity contribution < 1.29 is 0 Å². The highest BCUT2D eigenvalue weighted by Gasteiger charge is 1.78. The third-order valence-corrected chi connectivity index (χ3v) is 0.943. The van der Waals surface area contributed by atoms with Gasteiger partial charge in [-0.15, -0.1) is 0 Å². The molecular weight excluding hydrogens is 112 g/mol. The Kier molecular flexibility index (Phi) is 1.96. The molecule has 1 rings (SSSR count). The first-order valence-electron chi connectivity index (χ1n) is 2.78. The van der Waals surface area contributed by atoms with Crippen LogP contribution in [0.1, 0.15) is 6.92 Å². The van der Waals surface area contributed by atoms with Crippen molar-refractivity contribution in [3.63, 3.8) is 0 Å². The van der Waals surface area contributed by atoms with Gasteiger partial charge < -0.3 is 0 Å². The molecule has 1 aliphatic rings. The summed E-state index contributed by atoms with van der Waals surface area (Å²) in [5.41, 5.74) is 1.14. The maximum absolute atomic E-state index is 3.88. The Balaban J connectivity index is 2.77. The first kappa shape index (κ1) is 5.95. The van der Waals surface area contributed by atoms with Crippen molar-refractivity contribution in [2.24, 2.45) is 9.98 Å². The van der Waals surface area contributed by atoms with E-state index in [0.717, 1.165) is 5.57 Å². The van der Waals surface area contributed by atoms with Gasteiger partial charge in [0, 0.05) is 12.4 Å². The summed E-state index contributed by atoms with van der Waals surface area (Å²) in [7, 11) is 0. The van der Waals surface area contributed by atoms with Gasteiger partial charge in [0.25, 0.3) is 0 Å². The monoisotopic (exact) mass is 120 g/mol. The number of nitrogens with zero attached hydrogens (tertiary/aromatic N) is 2. The molecule has 0 aliphatic carbocycles. The Hall–Kier alpha value is -1.18. The second kappa shape index (κ2) is 2.97. The molecule has 0 radical (unpaired) electrons. The van der Waals surface area contributed by atoms with E-state index in [2.05, 4.69) is 9.98 Å². The quantitative estimate of drug-likeness (QED) is 0.463. The lowest BCUT2D eigenvalue weighted by atomic mass is 10.3. The maximum Gasteiger partial charge on any atom is 0.115 e. The predicted octanol–water partition coefficient (Wildman–Crippen LogP) is 1.56. The Morgan fingerprint density at radius 2 is 2.22 bits per heavy atom. The van der Waals surface area contributed by atoms with Gasteiger partial charge >= 0.3 is 0 Å². The van der Waals surface area contributed by atoms with Gasteiger partial charge in [-0.25, -0.2) is 9.98 Å². The minimum Gasteiger partial charge on any atom is -0.245 e. The normalized spacial score (nSPS) is 16.8. The zero-order valence-electron chi connectivity index (χ0n) is 5.28. The van der Waals surface area contributed by atoms with E-state index < -0.39 is 0 Å². The fourth-order valence-corrected chi connectivity index (χ4v) is 0.515. The summed E-state index contributed by atoms with van der Waals surface area (Å²) in [5.74, 6) is 0. The van der Waals surface area contributed by atoms with Crippen LogP contribution in [0.2, 0.25) is 0 Å². The molecule has 0 atom stereocenters. The molecule has 1 heterocycles. The van der Waals surface area contributed by atoms with Gasteiger partial charge in [-0.05, 0) is 18.6 Å². The van der Waals surface area contributed by atoms with Crippen LogP contribution in [0.25, 0.3) is 0 Å². The zero-order valence-corrected chi connectivity index (χ0v) is 5.28. The second-order valence-electron chi connectivity index (χ2n) is 1.79. The largest absolute Gasteiger partial charge is 0.245 e. The van der Waals surface area contributed by atoms with Gasteiger partial charge in [0.1, 0.15) is 6.34 Å². The summed E-state index contributed by atoms with van der Waals surface area (Å²) in [6.07, 6.45) is 8.84. The van der Waals surface area contributed by atoms with Crippen LogP contribution in [-0.2, 0) is 0 Å². The minimum atomic E-state index is 1.14. The van der Waals surface area contributed by atoms with E-state index in [-0.39, 0.29) is 0 Å². The van der Waals surface area contributed by atoms with Crippen molar-refractivity contribution in [1.82, 2.24) is 0 Å². The number of hydrogen-bond donors (Lipinski definition) is 0. The fourth-order valence-electron chi connectivity index (χ4n) is 0.515. The molecule has 9 heavy (non-hydrogen) atoms. The van der Waals surface area contributed by atoms with Gasteiger partial charge in [-0.1, -0.05) is 6.08 Å². The number of aliphatic imine (C=N–C) groups is 2. The topological polar surface area (TPSA) is 24.7 Å². The molecule has 0 amide bonds. The Morgan fingerprint density at radius 3 is 3.11 bits per heavy atom. The molecule has 0 N–H and O–H groups in total. The lowest BCUT2D eigenvalue weighted by Crippen LogP contribution is -1.74. The lowest BCUT2D eigenvalue weighted by Gasteiger charge is -1.87. The average Bonchev–Trinajstić information content (AvgIpc) is 1.79. The smallest absolute Gasteiger partial charge is 0.115 e. The van der Waals surface area contributed by atoms with E-state index >= 15 is 0 Å². The fraction of sp³-hybridized carbons (Fsp3) is 0.143. The molecule has 0 bridgehead atoms. The highest BCUT2D eigenvalue weighted by Crippen LogP contribution is 1.94. The van der Waals surface area contributed by atoms with Crippen LogP contribution in [0.5, 0.6) is 0 Å². The zero-order chi connectivity index (χ0) is 6.53. The van der Waals surface area contributed by atoms with E-state index in [1.54, 1.807) is 12.4 Å². The third-order valence-electron chi connectivity index (χ3n) is 0.943. The van der Waals surface area contributed by atoms with Crippen LogP contribution in [-0.4, -0.2) is 12.6 Å². The number of rotatable bonds is 0. The summed E-state index contributed by atoms with van der Waals surface area (Å²) >= 11 is 0. The highest BCUT2D eigenvalue weighted by atomic mass is 14.8. The van der Waals surface area contributed by atoms with E-state index in [4.69, 9.17) is 0 Å². The molecule has 0 spiro atoms. The van der Waals surface area contributed by atoms with E-state index in [1.807, 2.05) is 19.1 Å². The molecule has 0 saturated heterocycles. The molecule has 0 fully saturated rings. The van der Waals surface area contributed by atoms with Gasteiger partial charge in [0.15, 0.2) is 0 Å². The van der Waals surface area contributed by atoms with E-state index in [9.17, 15) is 0 Å².